The summed E-state index contributed by atoms with van der Waals surface area (Å²) in [5.41, 5.74) is 5.99. The van der Waals surface area contributed by atoms with Crippen molar-refractivity contribution in [3.05, 3.63) is 30.2 Å². The lowest BCUT2D eigenvalue weighted by atomic mass is 10.2. The average molecular weight is 255 g/mol. The lowest BCUT2D eigenvalue weighted by molar-refractivity contribution is -0.0498. The number of nitrogens with zero attached hydrogens (tertiary/aromatic N) is 2. The molecule has 1 aromatic heterocycles. The zero-order valence-corrected chi connectivity index (χ0v) is 9.35. The van der Waals surface area contributed by atoms with E-state index in [1.54, 1.807) is 12.1 Å². The second-order valence-corrected chi connectivity index (χ2v) is 3.44. The lowest BCUT2D eigenvalue weighted by Gasteiger charge is -2.03. The quantitative estimate of drug-likeness (QED) is 0.882. The number of hydrogen-bond acceptors (Lipinski definition) is 5. The van der Waals surface area contributed by atoms with Crippen LogP contribution < -0.4 is 10.5 Å². The Kier molecular flexibility index (Phi) is 3.83. The predicted octanol–water partition coefficient (Wildman–Crippen LogP) is 1.84. The van der Waals surface area contributed by atoms with Gasteiger partial charge >= 0.3 is 6.61 Å². The first kappa shape index (κ1) is 12.4. The summed E-state index contributed by atoms with van der Waals surface area (Å²) in [4.78, 5) is 0. The smallest absolute Gasteiger partial charge is 0.387 e. The first-order valence-electron chi connectivity index (χ1n) is 5.26. The van der Waals surface area contributed by atoms with Gasteiger partial charge in [0.15, 0.2) is 0 Å². The SMILES string of the molecule is NCCc1nnc(-c2ccc(OC(F)F)cc2)o1. The van der Waals surface area contributed by atoms with Crippen molar-refractivity contribution in [1.82, 2.24) is 10.2 Å². The zero-order valence-electron chi connectivity index (χ0n) is 9.35. The third kappa shape index (κ3) is 3.01. The first-order valence-corrected chi connectivity index (χ1v) is 5.26. The first-order chi connectivity index (χ1) is 8.69. The summed E-state index contributed by atoms with van der Waals surface area (Å²) < 4.78 is 33.5. The van der Waals surface area contributed by atoms with Crippen molar-refractivity contribution in [1.29, 1.82) is 0 Å². The molecular weight excluding hydrogens is 244 g/mol. The molecule has 0 fully saturated rings. The number of alkyl halides is 2. The highest BCUT2D eigenvalue weighted by Crippen LogP contribution is 2.22. The van der Waals surface area contributed by atoms with Crippen molar-refractivity contribution in [3.8, 4) is 17.2 Å². The summed E-state index contributed by atoms with van der Waals surface area (Å²) in [7, 11) is 0. The van der Waals surface area contributed by atoms with E-state index in [2.05, 4.69) is 14.9 Å². The maximum atomic E-state index is 12.0. The van der Waals surface area contributed by atoms with Gasteiger partial charge in [0.1, 0.15) is 5.75 Å². The van der Waals surface area contributed by atoms with Crippen LogP contribution in [0.5, 0.6) is 5.75 Å². The average Bonchev–Trinajstić information content (AvgIpc) is 2.78. The highest BCUT2D eigenvalue weighted by atomic mass is 19.3. The monoisotopic (exact) mass is 255 g/mol. The van der Waals surface area contributed by atoms with Gasteiger partial charge < -0.3 is 14.9 Å². The van der Waals surface area contributed by atoms with Crippen molar-refractivity contribution in [2.75, 3.05) is 6.54 Å². The van der Waals surface area contributed by atoms with Crippen LogP contribution in [0.3, 0.4) is 0 Å². The Bertz CT molecular complexity index is 499. The molecule has 0 amide bonds. The highest BCUT2D eigenvalue weighted by molar-refractivity contribution is 5.53. The molecule has 5 nitrogen and oxygen atoms in total. The summed E-state index contributed by atoms with van der Waals surface area (Å²) in [6.45, 7) is -2.42. The van der Waals surface area contributed by atoms with E-state index in [4.69, 9.17) is 10.2 Å². The highest BCUT2D eigenvalue weighted by Gasteiger charge is 2.09. The van der Waals surface area contributed by atoms with Gasteiger partial charge in [-0.3, -0.25) is 0 Å². The molecule has 18 heavy (non-hydrogen) atoms. The van der Waals surface area contributed by atoms with Crippen LogP contribution in [0.4, 0.5) is 8.78 Å². The van der Waals surface area contributed by atoms with E-state index in [9.17, 15) is 8.78 Å². The molecule has 0 aliphatic carbocycles. The Morgan fingerprint density at radius 3 is 2.56 bits per heavy atom. The maximum absolute atomic E-state index is 12.0. The molecule has 0 bridgehead atoms. The van der Waals surface area contributed by atoms with Crippen molar-refractivity contribution >= 4 is 0 Å². The fraction of sp³-hybridized carbons (Fsp3) is 0.273. The molecule has 0 aliphatic heterocycles. The molecule has 0 unspecified atom stereocenters. The van der Waals surface area contributed by atoms with E-state index in [-0.39, 0.29) is 5.75 Å². The van der Waals surface area contributed by atoms with Crippen molar-refractivity contribution in [2.45, 2.75) is 13.0 Å². The minimum absolute atomic E-state index is 0.0791. The molecule has 0 saturated heterocycles. The van der Waals surface area contributed by atoms with Gasteiger partial charge in [0.25, 0.3) is 0 Å². The molecule has 7 heteroatoms. The van der Waals surface area contributed by atoms with Crippen LogP contribution in [0.25, 0.3) is 11.5 Å². The fourth-order valence-corrected chi connectivity index (χ4v) is 1.37. The Morgan fingerprint density at radius 2 is 1.94 bits per heavy atom. The van der Waals surface area contributed by atoms with E-state index in [0.29, 0.717) is 30.3 Å². The van der Waals surface area contributed by atoms with Crippen LogP contribution in [0.15, 0.2) is 28.7 Å². The second kappa shape index (κ2) is 5.54. The Labute approximate surface area is 102 Å². The van der Waals surface area contributed by atoms with Crippen LogP contribution in [-0.4, -0.2) is 23.4 Å². The second-order valence-electron chi connectivity index (χ2n) is 3.44. The van der Waals surface area contributed by atoms with E-state index in [1.807, 2.05) is 0 Å². The molecule has 0 atom stereocenters. The molecule has 0 spiro atoms. The maximum Gasteiger partial charge on any atom is 0.387 e. The molecule has 2 rings (SSSR count). The summed E-state index contributed by atoms with van der Waals surface area (Å²) in [6.07, 6.45) is 0.500. The Balaban J connectivity index is 2.12. The predicted molar refractivity (Wildman–Crippen MR) is 59.1 cm³/mol. The topological polar surface area (TPSA) is 74.2 Å². The van der Waals surface area contributed by atoms with Crippen molar-refractivity contribution < 1.29 is 17.9 Å². The zero-order chi connectivity index (χ0) is 13.0. The van der Waals surface area contributed by atoms with Gasteiger partial charge in [-0.05, 0) is 24.3 Å². The number of halogens is 2. The lowest BCUT2D eigenvalue weighted by Crippen LogP contribution is -2.02. The molecular formula is C11H11F2N3O2. The number of aromatic nitrogens is 2. The van der Waals surface area contributed by atoms with Crippen LogP contribution >= 0.6 is 0 Å². The molecule has 0 saturated carbocycles. The Hall–Kier alpha value is -2.02. The van der Waals surface area contributed by atoms with E-state index >= 15 is 0 Å². The van der Waals surface area contributed by atoms with Gasteiger partial charge in [-0.15, -0.1) is 10.2 Å². The van der Waals surface area contributed by atoms with E-state index < -0.39 is 6.61 Å². The number of hydrogen-bond donors (Lipinski definition) is 1. The Morgan fingerprint density at radius 1 is 1.22 bits per heavy atom. The third-order valence-corrected chi connectivity index (χ3v) is 2.15. The minimum atomic E-state index is -2.84. The standard InChI is InChI=1S/C11H11F2N3O2/c12-11(13)17-8-3-1-7(2-4-8)10-16-15-9(18-10)5-6-14/h1-4,11H,5-6,14H2. The fourth-order valence-electron chi connectivity index (χ4n) is 1.37. The van der Waals surface area contributed by atoms with Gasteiger partial charge in [-0.1, -0.05) is 0 Å². The van der Waals surface area contributed by atoms with Gasteiger partial charge in [0.2, 0.25) is 11.8 Å². The third-order valence-electron chi connectivity index (χ3n) is 2.15. The van der Waals surface area contributed by atoms with Gasteiger partial charge in [-0.2, -0.15) is 8.78 Å². The van der Waals surface area contributed by atoms with Crippen molar-refractivity contribution in [3.63, 3.8) is 0 Å². The summed E-state index contributed by atoms with van der Waals surface area (Å²) in [5.74, 6) is 0.845. The molecule has 2 N–H and O–H groups in total. The summed E-state index contributed by atoms with van der Waals surface area (Å²) >= 11 is 0. The molecule has 1 heterocycles. The molecule has 0 aliphatic rings. The van der Waals surface area contributed by atoms with Crippen LogP contribution in [-0.2, 0) is 6.42 Å². The van der Waals surface area contributed by atoms with E-state index in [0.717, 1.165) is 0 Å². The summed E-state index contributed by atoms with van der Waals surface area (Å²) in [6, 6.07) is 5.96. The molecule has 96 valence electrons. The van der Waals surface area contributed by atoms with E-state index in [1.165, 1.54) is 12.1 Å². The van der Waals surface area contributed by atoms with Crippen LogP contribution in [0.2, 0.25) is 0 Å². The normalized spacial score (nSPS) is 10.9. The largest absolute Gasteiger partial charge is 0.435 e. The number of rotatable bonds is 5. The summed E-state index contributed by atoms with van der Waals surface area (Å²) in [5, 5.41) is 7.64. The molecule has 0 radical (unpaired) electrons. The van der Waals surface area contributed by atoms with Crippen LogP contribution in [0.1, 0.15) is 5.89 Å². The number of nitrogens with two attached hydrogens (primary N) is 1. The van der Waals surface area contributed by atoms with Gasteiger partial charge in [0, 0.05) is 18.5 Å². The van der Waals surface area contributed by atoms with Gasteiger partial charge in [0.05, 0.1) is 0 Å². The molecule has 2 aromatic rings. The number of benzene rings is 1. The minimum Gasteiger partial charge on any atom is -0.435 e. The van der Waals surface area contributed by atoms with Gasteiger partial charge in [-0.25, -0.2) is 0 Å². The van der Waals surface area contributed by atoms with Crippen LogP contribution in [0, 0.1) is 0 Å². The van der Waals surface area contributed by atoms with Crippen molar-refractivity contribution in [2.24, 2.45) is 5.73 Å². The number of ether oxygens (including phenoxy) is 1. The molecule has 1 aromatic carbocycles.